The SMILES string of the molecule is CC1(C)c2ccccc2-c2c1ccc1cc3c(cc21)c1ccccc1n3-c1nc(-c2ccc3ccccc3c2)c2c(ccc3ccccc32)n1. The van der Waals surface area contributed by atoms with Crippen molar-refractivity contribution in [2.24, 2.45) is 0 Å². The van der Waals surface area contributed by atoms with Crippen molar-refractivity contribution < 1.29 is 0 Å². The van der Waals surface area contributed by atoms with Crippen LogP contribution in [0.25, 0.3) is 93.4 Å². The van der Waals surface area contributed by atoms with Gasteiger partial charge in [0, 0.05) is 27.1 Å². The largest absolute Gasteiger partial charge is 0.278 e. The van der Waals surface area contributed by atoms with Gasteiger partial charge in [-0.25, -0.2) is 9.97 Å². The molecule has 234 valence electrons. The van der Waals surface area contributed by atoms with Gasteiger partial charge in [-0.1, -0.05) is 135 Å². The molecule has 0 fully saturated rings. The second-order valence-electron chi connectivity index (χ2n) is 14.2. The Bertz CT molecular complexity index is 3070. The fourth-order valence-corrected chi connectivity index (χ4v) is 8.74. The van der Waals surface area contributed by atoms with E-state index >= 15 is 0 Å². The molecular formula is C47H31N3. The summed E-state index contributed by atoms with van der Waals surface area (Å²) in [5.41, 5.74) is 10.6. The minimum Gasteiger partial charge on any atom is -0.278 e. The van der Waals surface area contributed by atoms with Crippen LogP contribution in [0.1, 0.15) is 25.0 Å². The Hall–Kier alpha value is -6.32. The van der Waals surface area contributed by atoms with Gasteiger partial charge in [-0.15, -0.1) is 0 Å². The van der Waals surface area contributed by atoms with Gasteiger partial charge in [0.25, 0.3) is 0 Å². The number of aromatic nitrogens is 3. The molecule has 10 aromatic rings. The Kier molecular flexibility index (Phi) is 5.45. The van der Waals surface area contributed by atoms with Crippen molar-refractivity contribution >= 4 is 65.0 Å². The summed E-state index contributed by atoms with van der Waals surface area (Å²) >= 11 is 0. The van der Waals surface area contributed by atoms with Gasteiger partial charge in [0.05, 0.1) is 22.2 Å². The molecule has 8 aromatic carbocycles. The van der Waals surface area contributed by atoms with E-state index in [2.05, 4.69) is 170 Å². The molecule has 1 aliphatic rings. The van der Waals surface area contributed by atoms with Crippen molar-refractivity contribution in [1.82, 2.24) is 14.5 Å². The highest BCUT2D eigenvalue weighted by Crippen LogP contribution is 2.52. The highest BCUT2D eigenvalue weighted by atomic mass is 15.2. The summed E-state index contributed by atoms with van der Waals surface area (Å²) in [5, 5.41) is 10.7. The van der Waals surface area contributed by atoms with Crippen molar-refractivity contribution in [1.29, 1.82) is 0 Å². The third-order valence-corrected chi connectivity index (χ3v) is 11.2. The van der Waals surface area contributed by atoms with Crippen LogP contribution in [0.2, 0.25) is 0 Å². The molecule has 0 unspecified atom stereocenters. The van der Waals surface area contributed by atoms with E-state index < -0.39 is 0 Å². The molecule has 11 rings (SSSR count). The molecule has 0 radical (unpaired) electrons. The van der Waals surface area contributed by atoms with Gasteiger partial charge in [0.1, 0.15) is 0 Å². The lowest BCUT2D eigenvalue weighted by Crippen LogP contribution is -2.14. The number of nitrogens with zero attached hydrogens (tertiary/aromatic N) is 3. The van der Waals surface area contributed by atoms with Crippen LogP contribution in [0.5, 0.6) is 0 Å². The zero-order chi connectivity index (χ0) is 33.1. The van der Waals surface area contributed by atoms with Gasteiger partial charge < -0.3 is 0 Å². The van der Waals surface area contributed by atoms with Crippen molar-refractivity contribution in [2.45, 2.75) is 19.3 Å². The average Bonchev–Trinajstić information content (AvgIpc) is 3.61. The summed E-state index contributed by atoms with van der Waals surface area (Å²) in [4.78, 5) is 10.9. The third kappa shape index (κ3) is 3.69. The molecule has 0 aliphatic heterocycles. The molecule has 0 amide bonds. The highest BCUT2D eigenvalue weighted by Gasteiger charge is 2.36. The zero-order valence-corrected chi connectivity index (χ0v) is 27.8. The third-order valence-electron chi connectivity index (χ3n) is 11.2. The first-order chi connectivity index (χ1) is 24.5. The van der Waals surface area contributed by atoms with Crippen LogP contribution < -0.4 is 0 Å². The fourth-order valence-electron chi connectivity index (χ4n) is 8.74. The van der Waals surface area contributed by atoms with E-state index in [1.54, 1.807) is 0 Å². The van der Waals surface area contributed by atoms with E-state index in [0.717, 1.165) is 38.6 Å². The number of hydrogen-bond acceptors (Lipinski definition) is 2. The molecule has 3 nitrogen and oxygen atoms in total. The monoisotopic (exact) mass is 637 g/mol. The summed E-state index contributed by atoms with van der Waals surface area (Å²) in [6.45, 7) is 4.70. The van der Waals surface area contributed by atoms with Gasteiger partial charge in [0.2, 0.25) is 5.95 Å². The van der Waals surface area contributed by atoms with Gasteiger partial charge in [-0.05, 0) is 84.9 Å². The Morgan fingerprint density at radius 1 is 0.480 bits per heavy atom. The summed E-state index contributed by atoms with van der Waals surface area (Å²) in [6, 6.07) is 55.1. The summed E-state index contributed by atoms with van der Waals surface area (Å²) in [5.74, 6) is 0.675. The standard InChI is InChI=1S/C47H31N3/c1-47(2)38-17-9-7-16-35(38)43-36-27-37-34-15-8-10-18-41(34)50(42(37)26-31(36)21-23-39(43)47)46-48-40-24-22-29-12-5-6-14-33(29)44(40)45(49-46)32-20-19-28-11-3-4-13-30(28)25-32/h3-27H,1-2H3. The van der Waals surface area contributed by atoms with E-state index in [4.69, 9.17) is 9.97 Å². The molecule has 0 atom stereocenters. The van der Waals surface area contributed by atoms with Crippen LogP contribution in [0.15, 0.2) is 152 Å². The maximum Gasteiger partial charge on any atom is 0.235 e. The van der Waals surface area contributed by atoms with Crippen molar-refractivity contribution in [2.75, 3.05) is 0 Å². The maximum atomic E-state index is 5.51. The second kappa shape index (κ2) is 9.87. The van der Waals surface area contributed by atoms with E-state index in [1.807, 2.05) is 0 Å². The molecule has 0 saturated carbocycles. The van der Waals surface area contributed by atoms with Gasteiger partial charge in [-0.3, -0.25) is 4.57 Å². The van der Waals surface area contributed by atoms with E-state index in [-0.39, 0.29) is 5.41 Å². The number of para-hydroxylation sites is 1. The molecule has 0 bridgehead atoms. The minimum atomic E-state index is -0.0503. The highest BCUT2D eigenvalue weighted by molar-refractivity contribution is 6.17. The number of hydrogen-bond donors (Lipinski definition) is 0. The lowest BCUT2D eigenvalue weighted by Gasteiger charge is -2.21. The van der Waals surface area contributed by atoms with Crippen molar-refractivity contribution in [3.8, 4) is 28.3 Å². The molecular weight excluding hydrogens is 607 g/mol. The Balaban J connectivity index is 1.24. The average molecular weight is 638 g/mol. The van der Waals surface area contributed by atoms with Crippen molar-refractivity contribution in [3.63, 3.8) is 0 Å². The minimum absolute atomic E-state index is 0.0503. The second-order valence-corrected chi connectivity index (χ2v) is 14.2. The first-order valence-corrected chi connectivity index (χ1v) is 17.3. The molecule has 50 heavy (non-hydrogen) atoms. The Labute approximate surface area is 289 Å². The van der Waals surface area contributed by atoms with Gasteiger partial charge in [0.15, 0.2) is 0 Å². The van der Waals surface area contributed by atoms with Crippen LogP contribution in [-0.4, -0.2) is 14.5 Å². The Morgan fingerprint density at radius 3 is 2.10 bits per heavy atom. The van der Waals surface area contributed by atoms with Gasteiger partial charge >= 0.3 is 0 Å². The lowest BCUT2D eigenvalue weighted by molar-refractivity contribution is 0.661. The molecule has 0 saturated heterocycles. The topological polar surface area (TPSA) is 30.7 Å². The molecule has 2 heterocycles. The van der Waals surface area contributed by atoms with Crippen molar-refractivity contribution in [3.05, 3.63) is 163 Å². The van der Waals surface area contributed by atoms with E-state index in [9.17, 15) is 0 Å². The Morgan fingerprint density at radius 2 is 1.20 bits per heavy atom. The first-order valence-electron chi connectivity index (χ1n) is 17.3. The van der Waals surface area contributed by atoms with E-state index in [0.29, 0.717) is 5.95 Å². The fraction of sp³-hybridized carbons (Fsp3) is 0.0638. The summed E-state index contributed by atoms with van der Waals surface area (Å²) in [7, 11) is 0. The summed E-state index contributed by atoms with van der Waals surface area (Å²) in [6.07, 6.45) is 0. The lowest BCUT2D eigenvalue weighted by atomic mass is 9.82. The smallest absolute Gasteiger partial charge is 0.235 e. The van der Waals surface area contributed by atoms with Crippen LogP contribution in [-0.2, 0) is 5.41 Å². The zero-order valence-electron chi connectivity index (χ0n) is 27.8. The predicted molar refractivity (Wildman–Crippen MR) is 209 cm³/mol. The van der Waals surface area contributed by atoms with Gasteiger partial charge in [-0.2, -0.15) is 0 Å². The molecule has 2 aromatic heterocycles. The summed E-state index contributed by atoms with van der Waals surface area (Å²) < 4.78 is 2.27. The number of benzene rings is 8. The molecule has 3 heteroatoms. The maximum absolute atomic E-state index is 5.51. The van der Waals surface area contributed by atoms with Crippen LogP contribution in [0.4, 0.5) is 0 Å². The normalized spacial score (nSPS) is 13.6. The van der Waals surface area contributed by atoms with Crippen LogP contribution in [0, 0.1) is 0 Å². The van der Waals surface area contributed by atoms with Crippen LogP contribution in [0.3, 0.4) is 0 Å². The molecule has 0 N–H and O–H groups in total. The first kappa shape index (κ1) is 27.6. The predicted octanol–water partition coefficient (Wildman–Crippen LogP) is 12.2. The number of rotatable bonds is 2. The molecule has 0 spiro atoms. The number of fused-ring (bicyclic) bond motifs is 12. The van der Waals surface area contributed by atoms with E-state index in [1.165, 1.54) is 60.0 Å². The van der Waals surface area contributed by atoms with Crippen LogP contribution >= 0.6 is 0 Å². The molecule has 1 aliphatic carbocycles. The quantitative estimate of drug-likeness (QED) is 0.177.